The van der Waals surface area contributed by atoms with Gasteiger partial charge in [0.25, 0.3) is 0 Å². The summed E-state index contributed by atoms with van der Waals surface area (Å²) < 4.78 is 18.0. The normalized spacial score (nSPS) is 12.2. The number of carbonyl (C=O) groups excluding carboxylic acids is 1. The van der Waals surface area contributed by atoms with Crippen LogP contribution in [0.2, 0.25) is 0 Å². The van der Waals surface area contributed by atoms with Crippen molar-refractivity contribution in [3.05, 3.63) is 40.8 Å². The first kappa shape index (κ1) is 14.6. The number of ether oxygens (including phenoxy) is 1. The minimum atomic E-state index is -0.475. The van der Waals surface area contributed by atoms with Crippen molar-refractivity contribution in [2.24, 2.45) is 0 Å². The molecule has 1 aromatic heterocycles. The molecule has 0 fully saturated rings. The van der Waals surface area contributed by atoms with Gasteiger partial charge in [0.2, 0.25) is 0 Å². The molecule has 0 spiro atoms. The van der Waals surface area contributed by atoms with Crippen LogP contribution in [0.4, 0.5) is 4.39 Å². The van der Waals surface area contributed by atoms with Gasteiger partial charge in [0.15, 0.2) is 6.10 Å². The summed E-state index contributed by atoms with van der Waals surface area (Å²) in [5.74, 6) is -0.709. The Balaban J connectivity index is 2.36. The van der Waals surface area contributed by atoms with Gasteiger partial charge >= 0.3 is 5.97 Å². The summed E-state index contributed by atoms with van der Waals surface area (Å²) in [6, 6.07) is 5.96. The molecule has 1 aromatic carbocycles. The van der Waals surface area contributed by atoms with Gasteiger partial charge in [-0.1, -0.05) is 12.1 Å². The number of carbonyl (C=O) groups is 1. The second-order valence-corrected chi connectivity index (χ2v) is 5.28. The molecule has 0 aliphatic carbocycles. The van der Waals surface area contributed by atoms with Crippen LogP contribution in [0.5, 0.6) is 0 Å². The molecule has 0 radical (unpaired) electrons. The van der Waals surface area contributed by atoms with E-state index >= 15 is 0 Å². The lowest BCUT2D eigenvalue weighted by Gasteiger charge is -2.07. The highest BCUT2D eigenvalue weighted by Gasteiger charge is 2.18. The summed E-state index contributed by atoms with van der Waals surface area (Å²) in [7, 11) is 0. The van der Waals surface area contributed by atoms with Crippen LogP contribution in [-0.2, 0) is 16.1 Å². The third kappa shape index (κ3) is 3.20. The molecule has 0 saturated heterocycles. The number of benzene rings is 1. The highest BCUT2D eigenvalue weighted by Crippen LogP contribution is 2.34. The monoisotopic (exact) mass is 295 g/mol. The molecule has 1 N–H and O–H groups in total. The average molecular weight is 295 g/mol. The Morgan fingerprint density at radius 3 is 2.65 bits per heavy atom. The molecule has 2 aromatic rings. The predicted octanol–water partition coefficient (Wildman–Crippen LogP) is 3.07. The molecular formula is C14H14FNO3S. The Bertz CT molecular complexity index is 609. The minimum absolute atomic E-state index is 0.226. The Morgan fingerprint density at radius 1 is 1.45 bits per heavy atom. The summed E-state index contributed by atoms with van der Waals surface area (Å²) in [6.45, 7) is 2.82. The molecule has 0 amide bonds. The lowest BCUT2D eigenvalue weighted by atomic mass is 10.1. The van der Waals surface area contributed by atoms with Crippen molar-refractivity contribution in [3.63, 3.8) is 0 Å². The zero-order valence-electron chi connectivity index (χ0n) is 11.1. The van der Waals surface area contributed by atoms with Gasteiger partial charge in [-0.05, 0) is 24.6 Å². The molecule has 2 rings (SSSR count). The summed E-state index contributed by atoms with van der Waals surface area (Å²) in [5, 5.41) is 9.97. The van der Waals surface area contributed by atoms with Crippen LogP contribution in [0.3, 0.4) is 0 Å². The van der Waals surface area contributed by atoms with E-state index < -0.39 is 6.10 Å². The first-order chi connectivity index (χ1) is 9.51. The third-order valence-corrected chi connectivity index (χ3v) is 3.97. The Hall–Kier alpha value is -1.79. The quantitative estimate of drug-likeness (QED) is 0.881. The molecule has 0 unspecified atom stereocenters. The largest absolute Gasteiger partial charge is 0.455 e. The Labute approximate surface area is 119 Å². The van der Waals surface area contributed by atoms with Crippen LogP contribution in [0.1, 0.15) is 30.7 Å². The third-order valence-electron chi connectivity index (χ3n) is 2.66. The highest BCUT2D eigenvalue weighted by molar-refractivity contribution is 7.15. The molecular weight excluding hydrogens is 281 g/mol. The first-order valence-corrected chi connectivity index (χ1v) is 6.86. The smallest absolute Gasteiger partial charge is 0.303 e. The second kappa shape index (κ2) is 6.11. The van der Waals surface area contributed by atoms with Crippen molar-refractivity contribution in [3.8, 4) is 10.4 Å². The van der Waals surface area contributed by atoms with E-state index in [0.29, 0.717) is 10.7 Å². The van der Waals surface area contributed by atoms with Gasteiger partial charge in [0.1, 0.15) is 10.8 Å². The van der Waals surface area contributed by atoms with Crippen LogP contribution in [0.25, 0.3) is 10.4 Å². The number of thiazole rings is 1. The van der Waals surface area contributed by atoms with E-state index in [0.717, 1.165) is 10.4 Å². The minimum Gasteiger partial charge on any atom is -0.455 e. The van der Waals surface area contributed by atoms with Crippen molar-refractivity contribution in [1.82, 2.24) is 4.98 Å². The number of aliphatic hydroxyl groups excluding tert-OH is 1. The zero-order valence-corrected chi connectivity index (χ0v) is 11.9. The standard InChI is InChI=1S/C14H14FNO3S/c1-8(19-9(2)18)14-16-12(7-17)13(20-14)10-3-5-11(15)6-4-10/h3-6,8,17H,7H2,1-2H3/t8-/m0/s1. The number of hydrogen-bond acceptors (Lipinski definition) is 5. The fourth-order valence-corrected chi connectivity index (χ4v) is 2.84. The van der Waals surface area contributed by atoms with Crippen LogP contribution >= 0.6 is 11.3 Å². The predicted molar refractivity (Wildman–Crippen MR) is 73.6 cm³/mol. The molecule has 4 nitrogen and oxygen atoms in total. The van der Waals surface area contributed by atoms with Crippen LogP contribution < -0.4 is 0 Å². The van der Waals surface area contributed by atoms with E-state index in [9.17, 15) is 14.3 Å². The van der Waals surface area contributed by atoms with E-state index in [1.165, 1.54) is 30.4 Å². The molecule has 20 heavy (non-hydrogen) atoms. The number of esters is 1. The fraction of sp³-hybridized carbons (Fsp3) is 0.286. The number of aliphatic hydroxyl groups is 1. The molecule has 6 heteroatoms. The maximum Gasteiger partial charge on any atom is 0.303 e. The number of nitrogens with zero attached hydrogens (tertiary/aromatic N) is 1. The molecule has 0 aliphatic rings. The number of halogens is 1. The molecule has 1 atom stereocenters. The summed E-state index contributed by atoms with van der Waals surface area (Å²) in [4.78, 5) is 16.0. The maximum absolute atomic E-state index is 12.9. The van der Waals surface area contributed by atoms with Gasteiger partial charge in [-0.15, -0.1) is 11.3 Å². The van der Waals surface area contributed by atoms with Gasteiger partial charge in [-0.2, -0.15) is 0 Å². The fourth-order valence-electron chi connectivity index (χ4n) is 1.78. The Kier molecular flexibility index (Phi) is 4.46. The molecule has 106 valence electrons. The number of rotatable bonds is 4. The zero-order chi connectivity index (χ0) is 14.7. The van der Waals surface area contributed by atoms with E-state index in [1.807, 2.05) is 0 Å². The lowest BCUT2D eigenvalue weighted by molar-refractivity contribution is -0.145. The van der Waals surface area contributed by atoms with Gasteiger partial charge in [0.05, 0.1) is 17.2 Å². The first-order valence-electron chi connectivity index (χ1n) is 6.05. The number of hydrogen-bond donors (Lipinski definition) is 1. The van der Waals surface area contributed by atoms with Gasteiger partial charge in [-0.25, -0.2) is 9.37 Å². The second-order valence-electron chi connectivity index (χ2n) is 4.24. The van der Waals surface area contributed by atoms with Crippen molar-refractivity contribution in [2.45, 2.75) is 26.6 Å². The van der Waals surface area contributed by atoms with Crippen LogP contribution in [0, 0.1) is 5.82 Å². The lowest BCUT2D eigenvalue weighted by Crippen LogP contribution is -2.04. The van der Waals surface area contributed by atoms with Gasteiger partial charge in [0, 0.05) is 6.92 Å². The van der Waals surface area contributed by atoms with Crippen LogP contribution in [0.15, 0.2) is 24.3 Å². The van der Waals surface area contributed by atoms with Gasteiger partial charge in [-0.3, -0.25) is 4.79 Å². The van der Waals surface area contributed by atoms with E-state index in [1.54, 1.807) is 19.1 Å². The van der Waals surface area contributed by atoms with Crippen molar-refractivity contribution in [1.29, 1.82) is 0 Å². The summed E-state index contributed by atoms with van der Waals surface area (Å²) in [5.41, 5.74) is 1.27. The van der Waals surface area contributed by atoms with E-state index in [2.05, 4.69) is 4.98 Å². The Morgan fingerprint density at radius 2 is 2.10 bits per heavy atom. The topological polar surface area (TPSA) is 59.4 Å². The van der Waals surface area contributed by atoms with E-state index in [-0.39, 0.29) is 18.4 Å². The summed E-state index contributed by atoms with van der Waals surface area (Å²) >= 11 is 1.32. The molecule has 1 heterocycles. The molecule has 0 bridgehead atoms. The van der Waals surface area contributed by atoms with Crippen LogP contribution in [-0.4, -0.2) is 16.1 Å². The molecule has 0 aliphatic heterocycles. The maximum atomic E-state index is 12.9. The number of aromatic nitrogens is 1. The van der Waals surface area contributed by atoms with Gasteiger partial charge < -0.3 is 9.84 Å². The average Bonchev–Trinajstić information content (AvgIpc) is 2.83. The molecule has 0 saturated carbocycles. The van der Waals surface area contributed by atoms with Crippen molar-refractivity contribution in [2.75, 3.05) is 0 Å². The van der Waals surface area contributed by atoms with E-state index in [4.69, 9.17) is 4.74 Å². The highest BCUT2D eigenvalue weighted by atomic mass is 32.1. The SMILES string of the molecule is CC(=O)O[C@@H](C)c1nc(CO)c(-c2ccc(F)cc2)s1. The van der Waals surface area contributed by atoms with Crippen molar-refractivity contribution < 1.29 is 19.0 Å². The summed E-state index contributed by atoms with van der Waals surface area (Å²) in [6.07, 6.45) is -0.475. The van der Waals surface area contributed by atoms with Crippen molar-refractivity contribution >= 4 is 17.3 Å².